The maximum Gasteiger partial charge on any atom is 0.310 e. The number of esters is 1. The Morgan fingerprint density at radius 2 is 2.12 bits per heavy atom. The number of carbonyl (C=O) groups excluding carboxylic acids is 1. The molecule has 0 unspecified atom stereocenters. The fourth-order valence-corrected chi connectivity index (χ4v) is 1.55. The maximum atomic E-state index is 13.5. The molecule has 0 saturated carbocycles. The Kier molecular flexibility index (Phi) is 4.65. The summed E-state index contributed by atoms with van der Waals surface area (Å²) in [6.45, 7) is 3.78. The van der Waals surface area contributed by atoms with Crippen molar-refractivity contribution in [1.29, 1.82) is 5.26 Å². The highest BCUT2D eigenvalue weighted by Gasteiger charge is 2.12. The molecule has 17 heavy (non-hydrogen) atoms. The van der Waals surface area contributed by atoms with Crippen molar-refractivity contribution in [3.63, 3.8) is 0 Å². The largest absolute Gasteiger partial charge is 0.466 e. The van der Waals surface area contributed by atoms with E-state index in [0.29, 0.717) is 23.1 Å². The van der Waals surface area contributed by atoms with Gasteiger partial charge in [-0.3, -0.25) is 4.79 Å². The van der Waals surface area contributed by atoms with Crippen LogP contribution in [0.2, 0.25) is 0 Å². The normalized spacial score (nSPS) is 9.76. The number of halogens is 1. The van der Waals surface area contributed by atoms with Crippen LogP contribution in [0, 0.1) is 17.1 Å². The van der Waals surface area contributed by atoms with E-state index >= 15 is 0 Å². The quantitative estimate of drug-likeness (QED) is 0.753. The Hall–Kier alpha value is -1.89. The van der Waals surface area contributed by atoms with Crippen LogP contribution in [-0.4, -0.2) is 12.6 Å². The van der Waals surface area contributed by atoms with Gasteiger partial charge in [0.2, 0.25) is 0 Å². The average Bonchev–Trinajstić information content (AvgIpc) is 2.29. The fraction of sp³-hybridized carbons (Fsp3) is 0.385. The van der Waals surface area contributed by atoms with E-state index in [1.54, 1.807) is 6.92 Å². The van der Waals surface area contributed by atoms with Crippen LogP contribution in [0.5, 0.6) is 0 Å². The highest BCUT2D eigenvalue weighted by molar-refractivity contribution is 5.73. The summed E-state index contributed by atoms with van der Waals surface area (Å²) in [5, 5.41) is 8.95. The van der Waals surface area contributed by atoms with E-state index in [0.717, 1.165) is 0 Å². The van der Waals surface area contributed by atoms with Crippen LogP contribution in [0.15, 0.2) is 12.1 Å². The third-order valence-corrected chi connectivity index (χ3v) is 2.41. The van der Waals surface area contributed by atoms with E-state index in [9.17, 15) is 9.18 Å². The van der Waals surface area contributed by atoms with Gasteiger partial charge >= 0.3 is 5.97 Å². The van der Waals surface area contributed by atoms with Crippen LogP contribution >= 0.6 is 0 Å². The summed E-state index contributed by atoms with van der Waals surface area (Å²) in [5.74, 6) is -0.835. The first kappa shape index (κ1) is 13.2. The van der Waals surface area contributed by atoms with Crippen molar-refractivity contribution in [2.75, 3.05) is 6.61 Å². The van der Waals surface area contributed by atoms with Gasteiger partial charge in [-0.1, -0.05) is 6.92 Å². The van der Waals surface area contributed by atoms with Gasteiger partial charge < -0.3 is 4.74 Å². The van der Waals surface area contributed by atoms with Gasteiger partial charge in [0.1, 0.15) is 5.82 Å². The summed E-state index contributed by atoms with van der Waals surface area (Å²) in [7, 11) is 0. The molecule has 0 radical (unpaired) electrons. The molecule has 0 N–H and O–H groups in total. The number of nitriles is 1. The van der Waals surface area contributed by atoms with Crippen molar-refractivity contribution >= 4 is 5.97 Å². The summed E-state index contributed by atoms with van der Waals surface area (Å²) in [4.78, 5) is 11.3. The summed E-state index contributed by atoms with van der Waals surface area (Å²) in [6, 6.07) is 4.70. The number of carbonyl (C=O) groups is 1. The second-order valence-electron chi connectivity index (χ2n) is 3.55. The number of hydrogen-bond acceptors (Lipinski definition) is 3. The second-order valence-corrected chi connectivity index (χ2v) is 3.55. The van der Waals surface area contributed by atoms with Gasteiger partial charge in [0.25, 0.3) is 0 Å². The van der Waals surface area contributed by atoms with Gasteiger partial charge in [0.15, 0.2) is 0 Å². The molecule has 0 aliphatic rings. The first-order valence-corrected chi connectivity index (χ1v) is 5.49. The minimum absolute atomic E-state index is 0.0718. The Labute approximate surface area is 99.8 Å². The van der Waals surface area contributed by atoms with Crippen molar-refractivity contribution in [3.05, 3.63) is 34.6 Å². The van der Waals surface area contributed by atoms with Crippen LogP contribution in [-0.2, 0) is 22.4 Å². The third-order valence-electron chi connectivity index (χ3n) is 2.41. The average molecular weight is 235 g/mol. The Bertz CT molecular complexity index is 463. The SMILES string of the molecule is CCOC(=O)Cc1cc(F)c(CC)cc1C#N. The molecule has 0 amide bonds. The summed E-state index contributed by atoms with van der Waals surface area (Å²) in [6.07, 6.45) is 0.442. The standard InChI is InChI=1S/C13H14FNO2/c1-3-9-5-11(8-15)10(6-12(9)14)7-13(16)17-4-2/h5-6H,3-4,7H2,1-2H3. The molecule has 1 aromatic rings. The van der Waals surface area contributed by atoms with Crippen LogP contribution in [0.1, 0.15) is 30.5 Å². The van der Waals surface area contributed by atoms with Gasteiger partial charge in [0.05, 0.1) is 24.7 Å². The zero-order valence-electron chi connectivity index (χ0n) is 9.92. The molecule has 0 heterocycles. The molecule has 0 saturated heterocycles. The molecule has 0 atom stereocenters. The lowest BCUT2D eigenvalue weighted by Crippen LogP contribution is -2.09. The van der Waals surface area contributed by atoms with Gasteiger partial charge in [-0.2, -0.15) is 5.26 Å². The fourth-order valence-electron chi connectivity index (χ4n) is 1.55. The predicted molar refractivity (Wildman–Crippen MR) is 60.8 cm³/mol. The lowest BCUT2D eigenvalue weighted by atomic mass is 10.0. The van der Waals surface area contributed by atoms with E-state index in [2.05, 4.69) is 0 Å². The van der Waals surface area contributed by atoms with Crippen molar-refractivity contribution in [2.24, 2.45) is 0 Å². The van der Waals surface area contributed by atoms with Gasteiger partial charge in [-0.15, -0.1) is 0 Å². The molecule has 0 fully saturated rings. The third kappa shape index (κ3) is 3.28. The lowest BCUT2D eigenvalue weighted by molar-refractivity contribution is -0.142. The Morgan fingerprint density at radius 3 is 2.65 bits per heavy atom. The monoisotopic (exact) mass is 235 g/mol. The minimum atomic E-state index is -0.451. The molecule has 4 heteroatoms. The number of rotatable bonds is 4. The van der Waals surface area contributed by atoms with Gasteiger partial charge in [-0.05, 0) is 36.6 Å². The van der Waals surface area contributed by atoms with Crippen molar-refractivity contribution in [3.8, 4) is 6.07 Å². The molecule has 3 nitrogen and oxygen atoms in total. The van der Waals surface area contributed by atoms with E-state index in [-0.39, 0.29) is 18.8 Å². The number of benzene rings is 1. The Balaban J connectivity index is 3.03. The van der Waals surface area contributed by atoms with Crippen molar-refractivity contribution < 1.29 is 13.9 Å². The summed E-state index contributed by atoms with van der Waals surface area (Å²) < 4.78 is 18.3. The van der Waals surface area contributed by atoms with Crippen LogP contribution in [0.3, 0.4) is 0 Å². The zero-order chi connectivity index (χ0) is 12.8. The Morgan fingerprint density at radius 1 is 1.41 bits per heavy atom. The number of ether oxygens (including phenoxy) is 1. The van der Waals surface area contributed by atoms with Crippen molar-refractivity contribution in [1.82, 2.24) is 0 Å². The van der Waals surface area contributed by atoms with E-state index in [1.165, 1.54) is 12.1 Å². The molecular formula is C13H14FNO2. The van der Waals surface area contributed by atoms with E-state index in [1.807, 2.05) is 13.0 Å². The molecule has 1 rings (SSSR count). The van der Waals surface area contributed by atoms with Crippen LogP contribution in [0.25, 0.3) is 0 Å². The smallest absolute Gasteiger partial charge is 0.310 e. The number of aryl methyl sites for hydroxylation is 1. The highest BCUT2D eigenvalue weighted by Crippen LogP contribution is 2.17. The van der Waals surface area contributed by atoms with Crippen LogP contribution in [0.4, 0.5) is 4.39 Å². The summed E-state index contributed by atoms with van der Waals surface area (Å²) >= 11 is 0. The first-order chi connectivity index (χ1) is 8.12. The molecule has 0 aromatic heterocycles. The number of hydrogen-bond donors (Lipinski definition) is 0. The molecule has 0 bridgehead atoms. The maximum absolute atomic E-state index is 13.5. The molecule has 0 aliphatic heterocycles. The van der Waals surface area contributed by atoms with Crippen LogP contribution < -0.4 is 0 Å². The molecule has 0 spiro atoms. The van der Waals surface area contributed by atoms with E-state index in [4.69, 9.17) is 10.00 Å². The second kappa shape index (κ2) is 6.00. The van der Waals surface area contributed by atoms with Gasteiger partial charge in [-0.25, -0.2) is 4.39 Å². The minimum Gasteiger partial charge on any atom is -0.466 e. The molecule has 90 valence electrons. The molecule has 1 aromatic carbocycles. The highest BCUT2D eigenvalue weighted by atomic mass is 19.1. The topological polar surface area (TPSA) is 50.1 Å². The summed E-state index contributed by atoms with van der Waals surface area (Å²) in [5.41, 5.74) is 1.19. The van der Waals surface area contributed by atoms with E-state index < -0.39 is 5.97 Å². The lowest BCUT2D eigenvalue weighted by Gasteiger charge is -2.07. The first-order valence-electron chi connectivity index (χ1n) is 5.49. The predicted octanol–water partition coefficient (Wildman–Crippen LogP) is 2.37. The zero-order valence-corrected chi connectivity index (χ0v) is 9.92. The number of nitrogens with zero attached hydrogens (tertiary/aromatic N) is 1. The van der Waals surface area contributed by atoms with Crippen molar-refractivity contribution in [2.45, 2.75) is 26.7 Å². The van der Waals surface area contributed by atoms with Gasteiger partial charge in [0, 0.05) is 0 Å². The molecular weight excluding hydrogens is 221 g/mol. The molecule has 0 aliphatic carbocycles.